The van der Waals surface area contributed by atoms with Crippen LogP contribution in [0.25, 0.3) is 0 Å². The highest BCUT2D eigenvalue weighted by Crippen LogP contribution is 2.22. The molecule has 0 aliphatic carbocycles. The Labute approximate surface area is 145 Å². The quantitative estimate of drug-likeness (QED) is 0.479. The van der Waals surface area contributed by atoms with Gasteiger partial charge in [0, 0.05) is 0 Å². The molecule has 1 heterocycles. The summed E-state index contributed by atoms with van der Waals surface area (Å²) in [5.74, 6) is -1.40. The maximum Gasteiger partial charge on any atom is 0.431 e. The van der Waals surface area contributed by atoms with E-state index in [1.54, 1.807) is 17.5 Å². The highest BCUT2D eigenvalue weighted by atomic mass is 32.1. The van der Waals surface area contributed by atoms with Crippen LogP contribution in [0.15, 0.2) is 46.9 Å². The molecule has 2 aromatic rings. The minimum Gasteiger partial charge on any atom is -0.496 e. The van der Waals surface area contributed by atoms with E-state index < -0.39 is 30.0 Å². The van der Waals surface area contributed by atoms with Gasteiger partial charge in [0.2, 0.25) is 0 Å². The molecule has 0 fully saturated rings. The maximum absolute atomic E-state index is 13.1. The van der Waals surface area contributed by atoms with Gasteiger partial charge in [-0.1, -0.05) is 18.2 Å². The van der Waals surface area contributed by atoms with Gasteiger partial charge in [-0.2, -0.15) is 18.3 Å². The van der Waals surface area contributed by atoms with E-state index in [0.717, 1.165) is 11.3 Å². The SMILES string of the molecule is COc1ccccc1C(=O)N/N=C(/CC(=O)c1cccs1)C(F)(F)F. The number of thiophene rings is 1. The van der Waals surface area contributed by atoms with Crippen LogP contribution in [0.2, 0.25) is 0 Å². The lowest BCUT2D eigenvalue weighted by molar-refractivity contribution is -0.0605. The highest BCUT2D eigenvalue weighted by Gasteiger charge is 2.37. The Hall–Kier alpha value is -2.68. The number of Topliss-reactive ketones (excluding diaryl/α,β-unsaturated/α-hetero) is 1. The van der Waals surface area contributed by atoms with Gasteiger partial charge >= 0.3 is 6.18 Å². The monoisotopic (exact) mass is 370 g/mol. The summed E-state index contributed by atoms with van der Waals surface area (Å²) in [6.45, 7) is 0. The molecule has 0 aliphatic rings. The van der Waals surface area contributed by atoms with Gasteiger partial charge in [-0.15, -0.1) is 11.3 Å². The average molecular weight is 370 g/mol. The van der Waals surface area contributed by atoms with Crippen LogP contribution in [-0.2, 0) is 0 Å². The number of carbonyl (C=O) groups is 2. The number of carbonyl (C=O) groups excluding carboxylic acids is 2. The van der Waals surface area contributed by atoms with Crippen molar-refractivity contribution in [3.05, 3.63) is 52.2 Å². The van der Waals surface area contributed by atoms with Gasteiger partial charge in [-0.3, -0.25) is 9.59 Å². The zero-order valence-corrected chi connectivity index (χ0v) is 13.8. The molecule has 1 aromatic heterocycles. The Kier molecular flexibility index (Phi) is 5.92. The summed E-state index contributed by atoms with van der Waals surface area (Å²) < 4.78 is 44.2. The number of hydrazone groups is 1. The van der Waals surface area contributed by atoms with Gasteiger partial charge in [-0.05, 0) is 23.6 Å². The molecule has 25 heavy (non-hydrogen) atoms. The molecule has 9 heteroatoms. The molecule has 5 nitrogen and oxygen atoms in total. The van der Waals surface area contributed by atoms with E-state index in [4.69, 9.17) is 4.74 Å². The van der Waals surface area contributed by atoms with E-state index in [2.05, 4.69) is 5.10 Å². The van der Waals surface area contributed by atoms with Gasteiger partial charge < -0.3 is 4.74 Å². The number of hydrogen-bond donors (Lipinski definition) is 1. The van der Waals surface area contributed by atoms with Gasteiger partial charge in [-0.25, -0.2) is 5.43 Å². The number of ether oxygens (including phenoxy) is 1. The number of alkyl halides is 3. The first-order valence-corrected chi connectivity index (χ1v) is 7.84. The first-order chi connectivity index (χ1) is 11.8. The molecule has 1 amide bonds. The lowest BCUT2D eigenvalue weighted by Gasteiger charge is -2.11. The Balaban J connectivity index is 2.18. The molecule has 1 aromatic carbocycles. The largest absolute Gasteiger partial charge is 0.496 e. The van der Waals surface area contributed by atoms with Gasteiger partial charge in [0.1, 0.15) is 11.5 Å². The van der Waals surface area contributed by atoms with E-state index in [1.807, 2.05) is 5.43 Å². The first-order valence-electron chi connectivity index (χ1n) is 6.96. The van der Waals surface area contributed by atoms with Crippen molar-refractivity contribution in [3.8, 4) is 5.75 Å². The number of nitrogens with zero attached hydrogens (tertiary/aromatic N) is 1. The fraction of sp³-hybridized carbons (Fsp3) is 0.188. The number of benzene rings is 1. The second-order valence-electron chi connectivity index (χ2n) is 4.77. The minimum atomic E-state index is -4.85. The van der Waals surface area contributed by atoms with Crippen LogP contribution in [0.1, 0.15) is 26.5 Å². The zero-order chi connectivity index (χ0) is 18.4. The predicted octanol–water partition coefficient (Wildman–Crippen LogP) is 3.68. The molecule has 0 saturated carbocycles. The summed E-state index contributed by atoms with van der Waals surface area (Å²) >= 11 is 1.03. The molecule has 132 valence electrons. The van der Waals surface area contributed by atoms with Crippen LogP contribution in [0.5, 0.6) is 5.75 Å². The molecular weight excluding hydrogens is 357 g/mol. The number of para-hydroxylation sites is 1. The van der Waals surface area contributed by atoms with Gasteiger partial charge in [0.15, 0.2) is 5.78 Å². The van der Waals surface area contributed by atoms with E-state index in [1.165, 1.54) is 31.4 Å². The van der Waals surface area contributed by atoms with Crippen molar-refractivity contribution in [2.75, 3.05) is 7.11 Å². The van der Waals surface area contributed by atoms with Crippen LogP contribution in [0, 0.1) is 0 Å². The topological polar surface area (TPSA) is 67.8 Å². The summed E-state index contributed by atoms with van der Waals surface area (Å²) in [6, 6.07) is 9.00. The van der Waals surface area contributed by atoms with Crippen molar-refractivity contribution < 1.29 is 27.5 Å². The summed E-state index contributed by atoms with van der Waals surface area (Å²) in [6.07, 6.45) is -5.81. The number of ketones is 1. The molecule has 0 bridgehead atoms. The smallest absolute Gasteiger partial charge is 0.431 e. The second kappa shape index (κ2) is 7.93. The van der Waals surface area contributed by atoms with Crippen molar-refractivity contribution in [2.45, 2.75) is 12.6 Å². The zero-order valence-electron chi connectivity index (χ0n) is 13.0. The molecule has 1 N–H and O–H groups in total. The molecule has 0 aliphatic heterocycles. The molecule has 0 atom stereocenters. The maximum atomic E-state index is 13.1. The van der Waals surface area contributed by atoms with E-state index in [-0.39, 0.29) is 16.2 Å². The Morgan fingerprint density at radius 1 is 1.20 bits per heavy atom. The van der Waals surface area contributed by atoms with Gasteiger partial charge in [0.25, 0.3) is 5.91 Å². The van der Waals surface area contributed by atoms with Crippen molar-refractivity contribution >= 4 is 28.7 Å². The number of methoxy groups -OCH3 is 1. The molecule has 2 rings (SSSR count). The standard InChI is InChI=1S/C16H13F3N2O3S/c1-24-12-6-3-2-5-10(12)15(23)21-20-14(16(17,18)19)9-11(22)13-7-4-8-25-13/h2-8H,9H2,1H3,(H,21,23)/b20-14-. The summed E-state index contributed by atoms with van der Waals surface area (Å²) in [7, 11) is 1.33. The van der Waals surface area contributed by atoms with Crippen LogP contribution >= 0.6 is 11.3 Å². The fourth-order valence-electron chi connectivity index (χ4n) is 1.89. The Bertz CT molecular complexity index is 786. The van der Waals surface area contributed by atoms with Crippen LogP contribution in [-0.4, -0.2) is 30.7 Å². The van der Waals surface area contributed by atoms with Gasteiger partial charge in [0.05, 0.1) is 24.0 Å². The number of amides is 1. The lowest BCUT2D eigenvalue weighted by atomic mass is 10.1. The molecule has 0 saturated heterocycles. The van der Waals surface area contributed by atoms with E-state index >= 15 is 0 Å². The molecule has 0 spiro atoms. The fourth-order valence-corrected chi connectivity index (χ4v) is 2.55. The van der Waals surface area contributed by atoms with Crippen LogP contribution in [0.4, 0.5) is 13.2 Å². The number of rotatable bonds is 6. The number of nitrogens with one attached hydrogen (secondary N) is 1. The van der Waals surface area contributed by atoms with E-state index in [9.17, 15) is 22.8 Å². The van der Waals surface area contributed by atoms with Crippen LogP contribution in [0.3, 0.4) is 0 Å². The minimum absolute atomic E-state index is 0.0276. The van der Waals surface area contributed by atoms with Crippen molar-refractivity contribution in [1.82, 2.24) is 5.43 Å². The van der Waals surface area contributed by atoms with Crippen molar-refractivity contribution in [1.29, 1.82) is 0 Å². The predicted molar refractivity (Wildman–Crippen MR) is 87.2 cm³/mol. The number of halogens is 3. The third-order valence-electron chi connectivity index (χ3n) is 3.10. The first kappa shape index (κ1) is 18.7. The summed E-state index contributed by atoms with van der Waals surface area (Å²) in [4.78, 5) is 24.1. The molecule has 0 unspecified atom stereocenters. The average Bonchev–Trinajstić information content (AvgIpc) is 3.11. The summed E-state index contributed by atoms with van der Waals surface area (Å²) in [5, 5.41) is 4.70. The van der Waals surface area contributed by atoms with Crippen molar-refractivity contribution in [3.63, 3.8) is 0 Å². The lowest BCUT2D eigenvalue weighted by Crippen LogP contribution is -2.30. The highest BCUT2D eigenvalue weighted by molar-refractivity contribution is 7.12. The third-order valence-corrected chi connectivity index (χ3v) is 4.01. The van der Waals surface area contributed by atoms with Crippen LogP contribution < -0.4 is 10.2 Å². The Morgan fingerprint density at radius 3 is 2.52 bits per heavy atom. The molecular formula is C16H13F3N2O3S. The second-order valence-corrected chi connectivity index (χ2v) is 5.72. The summed E-state index contributed by atoms with van der Waals surface area (Å²) in [5.41, 5.74) is 0.478. The number of hydrogen-bond acceptors (Lipinski definition) is 5. The third kappa shape index (κ3) is 4.90. The van der Waals surface area contributed by atoms with Crippen molar-refractivity contribution in [2.24, 2.45) is 5.10 Å². The molecule has 0 radical (unpaired) electrons. The Morgan fingerprint density at radius 2 is 1.92 bits per heavy atom. The normalized spacial score (nSPS) is 11.9. The van der Waals surface area contributed by atoms with E-state index in [0.29, 0.717) is 0 Å².